The molecule has 0 spiro atoms. The van der Waals surface area contributed by atoms with Crippen molar-refractivity contribution < 1.29 is 14.6 Å². The quantitative estimate of drug-likeness (QED) is 0.843. The second-order valence-electron chi connectivity index (χ2n) is 4.68. The van der Waals surface area contributed by atoms with E-state index in [0.29, 0.717) is 13.2 Å². The Morgan fingerprint density at radius 3 is 2.68 bits per heavy atom. The highest BCUT2D eigenvalue weighted by Gasteiger charge is 2.32. The van der Waals surface area contributed by atoms with E-state index in [1.165, 1.54) is 0 Å². The van der Waals surface area contributed by atoms with Gasteiger partial charge in [0.25, 0.3) is 0 Å². The third-order valence-electron chi connectivity index (χ3n) is 3.15. The molecule has 104 valence electrons. The van der Waals surface area contributed by atoms with Crippen LogP contribution in [0, 0.1) is 0 Å². The molecule has 0 bridgehead atoms. The third kappa shape index (κ3) is 3.05. The number of nitrogens with one attached hydrogen (secondary N) is 1. The van der Waals surface area contributed by atoms with Crippen molar-refractivity contribution in [2.75, 3.05) is 24.7 Å². The molecule has 0 saturated carbocycles. The summed E-state index contributed by atoms with van der Waals surface area (Å²) in [5, 5.41) is 12.3. The van der Waals surface area contributed by atoms with Gasteiger partial charge < -0.3 is 14.7 Å². The number of rotatable bonds is 4. The van der Waals surface area contributed by atoms with Crippen molar-refractivity contribution in [3.63, 3.8) is 0 Å². The van der Waals surface area contributed by atoms with Crippen LogP contribution in [0.3, 0.4) is 0 Å². The van der Waals surface area contributed by atoms with Gasteiger partial charge in [-0.25, -0.2) is 0 Å². The zero-order valence-electron chi connectivity index (χ0n) is 11.3. The molecule has 1 aliphatic heterocycles. The van der Waals surface area contributed by atoms with Crippen LogP contribution in [0.2, 0.25) is 0 Å². The lowest BCUT2D eigenvalue weighted by Crippen LogP contribution is -2.60. The molecule has 0 aliphatic carbocycles. The molecule has 1 saturated heterocycles. The SMILES string of the molecule is CCOc1ccc(N2CC(C)NC(CO)C2=O)cc1. The molecule has 5 heteroatoms. The second kappa shape index (κ2) is 6.04. The van der Waals surface area contributed by atoms with E-state index in [2.05, 4.69) is 5.32 Å². The molecule has 1 aromatic carbocycles. The summed E-state index contributed by atoms with van der Waals surface area (Å²) in [5.74, 6) is 0.699. The van der Waals surface area contributed by atoms with Crippen molar-refractivity contribution in [1.82, 2.24) is 5.32 Å². The van der Waals surface area contributed by atoms with E-state index < -0.39 is 6.04 Å². The van der Waals surface area contributed by atoms with Gasteiger partial charge in [-0.15, -0.1) is 0 Å². The second-order valence-corrected chi connectivity index (χ2v) is 4.68. The number of hydrogen-bond donors (Lipinski definition) is 2. The Balaban J connectivity index is 2.17. The first-order chi connectivity index (χ1) is 9.15. The number of amides is 1. The predicted octanol–water partition coefficient (Wildman–Crippen LogP) is 0.771. The van der Waals surface area contributed by atoms with Gasteiger partial charge in [-0.2, -0.15) is 0 Å². The van der Waals surface area contributed by atoms with Gasteiger partial charge in [0.1, 0.15) is 11.8 Å². The molecule has 1 heterocycles. The number of aliphatic hydroxyl groups excluding tert-OH is 1. The summed E-state index contributed by atoms with van der Waals surface area (Å²) in [5.41, 5.74) is 0.834. The molecule has 2 rings (SSSR count). The zero-order chi connectivity index (χ0) is 13.8. The van der Waals surface area contributed by atoms with Gasteiger partial charge in [-0.3, -0.25) is 10.1 Å². The van der Waals surface area contributed by atoms with Gasteiger partial charge in [-0.05, 0) is 38.1 Å². The van der Waals surface area contributed by atoms with E-state index in [4.69, 9.17) is 4.74 Å². The van der Waals surface area contributed by atoms with Gasteiger partial charge in [0.15, 0.2) is 0 Å². The number of nitrogens with zero attached hydrogens (tertiary/aromatic N) is 1. The average molecular weight is 264 g/mol. The van der Waals surface area contributed by atoms with Crippen molar-refractivity contribution in [1.29, 1.82) is 0 Å². The standard InChI is InChI=1S/C14H20N2O3/c1-3-19-12-6-4-11(5-7-12)16-8-10(2)15-13(9-17)14(16)18/h4-7,10,13,15,17H,3,8-9H2,1-2H3. The maximum Gasteiger partial charge on any atom is 0.246 e. The average Bonchev–Trinajstić information content (AvgIpc) is 2.42. The van der Waals surface area contributed by atoms with E-state index in [0.717, 1.165) is 11.4 Å². The van der Waals surface area contributed by atoms with Gasteiger partial charge in [-0.1, -0.05) is 0 Å². The fourth-order valence-corrected chi connectivity index (χ4v) is 2.27. The van der Waals surface area contributed by atoms with Crippen LogP contribution in [0.15, 0.2) is 24.3 Å². The Bertz CT molecular complexity index is 433. The summed E-state index contributed by atoms with van der Waals surface area (Å²) < 4.78 is 5.38. The molecule has 0 aromatic heterocycles. The Hall–Kier alpha value is -1.59. The number of ether oxygens (including phenoxy) is 1. The molecule has 2 unspecified atom stereocenters. The smallest absolute Gasteiger partial charge is 0.246 e. The number of aliphatic hydroxyl groups is 1. The van der Waals surface area contributed by atoms with Crippen molar-refractivity contribution in [3.05, 3.63) is 24.3 Å². The molecule has 1 aromatic rings. The minimum absolute atomic E-state index is 0.0928. The molecule has 19 heavy (non-hydrogen) atoms. The van der Waals surface area contributed by atoms with Crippen LogP contribution < -0.4 is 15.0 Å². The van der Waals surface area contributed by atoms with E-state index in [-0.39, 0.29) is 18.6 Å². The lowest BCUT2D eigenvalue weighted by Gasteiger charge is -2.36. The van der Waals surface area contributed by atoms with Crippen LogP contribution in [0.1, 0.15) is 13.8 Å². The van der Waals surface area contributed by atoms with Gasteiger partial charge in [0.05, 0.1) is 13.2 Å². The number of benzene rings is 1. The van der Waals surface area contributed by atoms with Crippen LogP contribution >= 0.6 is 0 Å². The summed E-state index contributed by atoms with van der Waals surface area (Å²) in [6.07, 6.45) is 0. The van der Waals surface area contributed by atoms with Crippen LogP contribution in [0.5, 0.6) is 5.75 Å². The molecule has 1 amide bonds. The molecule has 2 N–H and O–H groups in total. The summed E-state index contributed by atoms with van der Waals surface area (Å²) in [6, 6.07) is 7.08. The van der Waals surface area contributed by atoms with Crippen molar-refractivity contribution >= 4 is 11.6 Å². The number of piperazine rings is 1. The van der Waals surface area contributed by atoms with Gasteiger partial charge >= 0.3 is 0 Å². The fraction of sp³-hybridized carbons (Fsp3) is 0.500. The predicted molar refractivity (Wildman–Crippen MR) is 73.4 cm³/mol. The molecule has 2 atom stereocenters. The van der Waals surface area contributed by atoms with Crippen LogP contribution in [-0.4, -0.2) is 42.9 Å². The number of carbonyl (C=O) groups excluding carboxylic acids is 1. The monoisotopic (exact) mass is 264 g/mol. The highest BCUT2D eigenvalue weighted by Crippen LogP contribution is 2.22. The first-order valence-electron chi connectivity index (χ1n) is 6.56. The fourth-order valence-electron chi connectivity index (χ4n) is 2.27. The number of carbonyl (C=O) groups is 1. The molecule has 1 fully saturated rings. The maximum atomic E-state index is 12.2. The molecule has 0 radical (unpaired) electrons. The molecular weight excluding hydrogens is 244 g/mol. The lowest BCUT2D eigenvalue weighted by atomic mass is 10.1. The zero-order valence-corrected chi connectivity index (χ0v) is 11.3. The first-order valence-corrected chi connectivity index (χ1v) is 6.56. The Morgan fingerprint density at radius 1 is 1.42 bits per heavy atom. The largest absolute Gasteiger partial charge is 0.494 e. The van der Waals surface area contributed by atoms with E-state index in [1.807, 2.05) is 38.1 Å². The Morgan fingerprint density at radius 2 is 2.11 bits per heavy atom. The highest BCUT2D eigenvalue weighted by atomic mass is 16.5. The van der Waals surface area contributed by atoms with Gasteiger partial charge in [0.2, 0.25) is 5.91 Å². The van der Waals surface area contributed by atoms with E-state index in [9.17, 15) is 9.90 Å². The lowest BCUT2D eigenvalue weighted by molar-refractivity contribution is -0.123. The molecule has 1 aliphatic rings. The Kier molecular flexibility index (Phi) is 4.39. The maximum absolute atomic E-state index is 12.2. The van der Waals surface area contributed by atoms with Crippen LogP contribution in [0.4, 0.5) is 5.69 Å². The summed E-state index contributed by atoms with van der Waals surface area (Å²) in [6.45, 7) is 4.97. The summed E-state index contributed by atoms with van der Waals surface area (Å²) >= 11 is 0. The summed E-state index contributed by atoms with van der Waals surface area (Å²) in [7, 11) is 0. The minimum Gasteiger partial charge on any atom is -0.494 e. The number of anilines is 1. The van der Waals surface area contributed by atoms with Crippen LogP contribution in [-0.2, 0) is 4.79 Å². The van der Waals surface area contributed by atoms with Crippen LogP contribution in [0.25, 0.3) is 0 Å². The normalized spacial score (nSPS) is 23.5. The van der Waals surface area contributed by atoms with Crippen molar-refractivity contribution in [2.45, 2.75) is 25.9 Å². The number of hydrogen-bond acceptors (Lipinski definition) is 4. The van der Waals surface area contributed by atoms with Gasteiger partial charge in [0, 0.05) is 18.3 Å². The van der Waals surface area contributed by atoms with Crippen molar-refractivity contribution in [3.8, 4) is 5.75 Å². The molecule has 5 nitrogen and oxygen atoms in total. The highest BCUT2D eigenvalue weighted by molar-refractivity contribution is 5.98. The summed E-state index contributed by atoms with van der Waals surface area (Å²) in [4.78, 5) is 13.9. The van der Waals surface area contributed by atoms with E-state index >= 15 is 0 Å². The topological polar surface area (TPSA) is 61.8 Å². The van der Waals surface area contributed by atoms with Crippen molar-refractivity contribution in [2.24, 2.45) is 0 Å². The third-order valence-corrected chi connectivity index (χ3v) is 3.15. The first kappa shape index (κ1) is 13.8. The Labute approximate surface area is 113 Å². The van der Waals surface area contributed by atoms with E-state index in [1.54, 1.807) is 4.90 Å². The minimum atomic E-state index is -0.518. The molecular formula is C14H20N2O3.